The smallest absolute Gasteiger partial charge is 0.321 e. The van der Waals surface area contributed by atoms with Gasteiger partial charge in [-0.3, -0.25) is 0 Å². The Kier molecular flexibility index (Phi) is 4.42. The number of carbonyl (C=O) groups excluding carboxylic acids is 1. The third-order valence-corrected chi connectivity index (χ3v) is 4.62. The van der Waals surface area contributed by atoms with Crippen LogP contribution in [0.3, 0.4) is 0 Å². The summed E-state index contributed by atoms with van der Waals surface area (Å²) >= 11 is 0. The van der Waals surface area contributed by atoms with Gasteiger partial charge in [-0.15, -0.1) is 0 Å². The van der Waals surface area contributed by atoms with Crippen molar-refractivity contribution in [2.45, 2.75) is 33.2 Å². The zero-order chi connectivity index (χ0) is 14.0. The van der Waals surface area contributed by atoms with Crippen LogP contribution in [0.4, 0.5) is 4.79 Å². The van der Waals surface area contributed by atoms with E-state index in [9.17, 15) is 13.2 Å². The molecular weight excluding hydrogens is 252 g/mol. The van der Waals surface area contributed by atoms with E-state index >= 15 is 0 Å². The molecule has 1 rings (SSSR count). The van der Waals surface area contributed by atoms with Gasteiger partial charge < -0.3 is 10.2 Å². The van der Waals surface area contributed by atoms with Crippen molar-refractivity contribution in [1.82, 2.24) is 10.2 Å². The zero-order valence-corrected chi connectivity index (χ0v) is 12.3. The predicted molar refractivity (Wildman–Crippen MR) is 71.9 cm³/mol. The van der Waals surface area contributed by atoms with Crippen molar-refractivity contribution in [2.75, 3.05) is 18.6 Å². The van der Waals surface area contributed by atoms with Crippen molar-refractivity contribution in [2.24, 2.45) is 5.41 Å². The van der Waals surface area contributed by atoms with Crippen LogP contribution in [0.15, 0.2) is 12.3 Å². The molecule has 1 fully saturated rings. The van der Waals surface area contributed by atoms with E-state index in [1.165, 1.54) is 4.90 Å². The summed E-state index contributed by atoms with van der Waals surface area (Å²) in [7, 11) is -1.33. The second-order valence-electron chi connectivity index (χ2n) is 5.82. The predicted octanol–water partition coefficient (Wildman–Crippen LogP) is 1.37. The van der Waals surface area contributed by atoms with Crippen molar-refractivity contribution >= 4 is 15.9 Å². The number of rotatable bonds is 2. The maximum atomic E-state index is 11.8. The Labute approximate surface area is 109 Å². The third kappa shape index (κ3) is 4.68. The van der Waals surface area contributed by atoms with Crippen LogP contribution in [-0.2, 0) is 9.84 Å². The fourth-order valence-corrected chi connectivity index (χ4v) is 3.49. The molecule has 0 aromatic rings. The van der Waals surface area contributed by atoms with Gasteiger partial charge in [0.2, 0.25) is 0 Å². The number of carbonyl (C=O) groups is 1. The van der Waals surface area contributed by atoms with Gasteiger partial charge in [-0.2, -0.15) is 0 Å². The van der Waals surface area contributed by atoms with Crippen molar-refractivity contribution in [3.63, 3.8) is 0 Å². The minimum absolute atomic E-state index is 0.00253. The van der Waals surface area contributed by atoms with Gasteiger partial charge in [0.1, 0.15) is 0 Å². The molecule has 0 aliphatic carbocycles. The van der Waals surface area contributed by atoms with Crippen molar-refractivity contribution in [1.29, 1.82) is 0 Å². The highest BCUT2D eigenvalue weighted by Gasteiger charge is 2.32. The molecule has 18 heavy (non-hydrogen) atoms. The largest absolute Gasteiger partial charge is 0.324 e. The number of amides is 2. The van der Waals surface area contributed by atoms with Crippen LogP contribution in [0.5, 0.6) is 0 Å². The van der Waals surface area contributed by atoms with Crippen LogP contribution < -0.4 is 5.32 Å². The molecule has 2 amide bonds. The molecule has 1 saturated heterocycles. The average molecular weight is 274 g/mol. The fourth-order valence-electron chi connectivity index (χ4n) is 1.71. The minimum Gasteiger partial charge on any atom is -0.324 e. The van der Waals surface area contributed by atoms with Gasteiger partial charge in [0.25, 0.3) is 0 Å². The normalized spacial score (nSPS) is 23.2. The molecule has 104 valence electrons. The summed E-state index contributed by atoms with van der Waals surface area (Å²) in [5, 5.41) is 2.65. The van der Waals surface area contributed by atoms with Crippen molar-refractivity contribution in [3.05, 3.63) is 12.3 Å². The Morgan fingerprint density at radius 3 is 2.44 bits per heavy atom. The minimum atomic E-state index is -2.96. The maximum absolute atomic E-state index is 11.8. The van der Waals surface area contributed by atoms with E-state index in [0.29, 0.717) is 6.42 Å². The van der Waals surface area contributed by atoms with Crippen LogP contribution >= 0.6 is 0 Å². The molecule has 1 heterocycles. The molecule has 5 nitrogen and oxygen atoms in total. The molecule has 0 saturated carbocycles. The number of sulfone groups is 1. The van der Waals surface area contributed by atoms with E-state index in [2.05, 4.69) is 5.32 Å². The lowest BCUT2D eigenvalue weighted by Crippen LogP contribution is -2.42. The van der Waals surface area contributed by atoms with E-state index in [1.54, 1.807) is 13.2 Å². The number of nitrogens with zero attached hydrogens (tertiary/aromatic N) is 1. The molecule has 0 aromatic carbocycles. The SMILES string of the molecule is CN(C(=O)N/C=C/C(C)(C)C)C1CCS(=O)(=O)C1. The van der Waals surface area contributed by atoms with Crippen molar-refractivity contribution < 1.29 is 13.2 Å². The number of hydrogen-bond donors (Lipinski definition) is 1. The highest BCUT2D eigenvalue weighted by Crippen LogP contribution is 2.17. The first-order chi connectivity index (χ1) is 8.11. The maximum Gasteiger partial charge on any atom is 0.321 e. The lowest BCUT2D eigenvalue weighted by molar-refractivity contribution is 0.199. The zero-order valence-electron chi connectivity index (χ0n) is 11.4. The van der Waals surface area contributed by atoms with Gasteiger partial charge in [-0.25, -0.2) is 13.2 Å². The highest BCUT2D eigenvalue weighted by molar-refractivity contribution is 7.91. The highest BCUT2D eigenvalue weighted by atomic mass is 32.2. The molecule has 1 aliphatic rings. The molecule has 1 atom stereocenters. The summed E-state index contributed by atoms with van der Waals surface area (Å²) in [5.41, 5.74) is 0.00253. The van der Waals surface area contributed by atoms with Gasteiger partial charge >= 0.3 is 6.03 Å². The first kappa shape index (κ1) is 15.0. The molecule has 1 N–H and O–H groups in total. The van der Waals surface area contributed by atoms with Crippen LogP contribution in [0, 0.1) is 5.41 Å². The van der Waals surface area contributed by atoms with E-state index in [1.807, 2.05) is 26.8 Å². The van der Waals surface area contributed by atoms with Gasteiger partial charge in [-0.1, -0.05) is 26.8 Å². The molecule has 0 spiro atoms. The number of allylic oxidation sites excluding steroid dienone is 1. The monoisotopic (exact) mass is 274 g/mol. The molecule has 0 radical (unpaired) electrons. The first-order valence-electron chi connectivity index (χ1n) is 6.02. The van der Waals surface area contributed by atoms with E-state index in [-0.39, 0.29) is 29.0 Å². The molecule has 0 aromatic heterocycles. The van der Waals surface area contributed by atoms with E-state index < -0.39 is 9.84 Å². The Balaban J connectivity index is 2.50. The Hall–Kier alpha value is -1.04. The quantitative estimate of drug-likeness (QED) is 0.827. The van der Waals surface area contributed by atoms with Gasteiger partial charge in [0.15, 0.2) is 9.84 Å². The number of urea groups is 1. The second-order valence-corrected chi connectivity index (χ2v) is 8.05. The third-order valence-electron chi connectivity index (χ3n) is 2.87. The van der Waals surface area contributed by atoms with Crippen LogP contribution in [0.2, 0.25) is 0 Å². The Morgan fingerprint density at radius 1 is 1.39 bits per heavy atom. The van der Waals surface area contributed by atoms with Gasteiger partial charge in [0, 0.05) is 19.3 Å². The molecule has 1 unspecified atom stereocenters. The lowest BCUT2D eigenvalue weighted by Gasteiger charge is -2.23. The van der Waals surface area contributed by atoms with Crippen LogP contribution in [0.1, 0.15) is 27.2 Å². The van der Waals surface area contributed by atoms with Crippen LogP contribution in [-0.4, -0.2) is 43.9 Å². The Bertz CT molecular complexity index is 435. The molecule has 1 aliphatic heterocycles. The molecular formula is C12H22N2O3S. The second kappa shape index (κ2) is 5.30. The number of nitrogens with one attached hydrogen (secondary N) is 1. The summed E-state index contributed by atoms with van der Waals surface area (Å²) in [6, 6.07) is -0.476. The standard InChI is InChI=1S/C12H22N2O3S/c1-12(2,3)6-7-13-11(15)14(4)10-5-8-18(16,17)9-10/h6-7,10H,5,8-9H2,1-4H3,(H,13,15)/b7-6+. The summed E-state index contributed by atoms with van der Waals surface area (Å²) in [5.74, 6) is 0.243. The first-order valence-corrected chi connectivity index (χ1v) is 7.84. The topological polar surface area (TPSA) is 66.5 Å². The lowest BCUT2D eigenvalue weighted by atomic mass is 9.97. The van der Waals surface area contributed by atoms with E-state index in [0.717, 1.165) is 0 Å². The van der Waals surface area contributed by atoms with Gasteiger partial charge in [-0.05, 0) is 11.8 Å². The van der Waals surface area contributed by atoms with E-state index in [4.69, 9.17) is 0 Å². The molecule has 6 heteroatoms. The summed E-state index contributed by atoms with van der Waals surface area (Å²) < 4.78 is 22.7. The summed E-state index contributed by atoms with van der Waals surface area (Å²) in [6.07, 6.45) is 4.03. The van der Waals surface area contributed by atoms with Crippen molar-refractivity contribution in [3.8, 4) is 0 Å². The summed E-state index contributed by atoms with van der Waals surface area (Å²) in [6.45, 7) is 6.09. The molecule has 0 bridgehead atoms. The summed E-state index contributed by atoms with van der Waals surface area (Å²) in [4.78, 5) is 13.3. The van der Waals surface area contributed by atoms with Crippen LogP contribution in [0.25, 0.3) is 0 Å². The average Bonchev–Trinajstić information content (AvgIpc) is 2.55. The Morgan fingerprint density at radius 2 is 2.00 bits per heavy atom. The fraction of sp³-hybridized carbons (Fsp3) is 0.750. The number of hydrogen-bond acceptors (Lipinski definition) is 3. The van der Waals surface area contributed by atoms with Gasteiger partial charge in [0.05, 0.1) is 11.5 Å².